The smallest absolute Gasteiger partial charge is 0.250 e. The van der Waals surface area contributed by atoms with E-state index in [1.54, 1.807) is 4.31 Å². The lowest BCUT2D eigenvalue weighted by molar-refractivity contribution is 0.100. The second-order valence-corrected chi connectivity index (χ2v) is 13.1. The van der Waals surface area contributed by atoms with E-state index in [0.29, 0.717) is 31.2 Å². The second kappa shape index (κ2) is 11.2. The average Bonchev–Trinajstić information content (AvgIpc) is 3.64. The van der Waals surface area contributed by atoms with Crippen LogP contribution in [-0.2, 0) is 10.0 Å². The summed E-state index contributed by atoms with van der Waals surface area (Å²) in [6, 6.07) is 24.6. The SMILES string of the molecule is NC(=O)c1cc(-c2ccccc2)cc2c(C3CCN(S(=O)(=O)CCN4CCCC4c4ccccc4)CC3)c[nH]c12. The monoisotopic (exact) mass is 556 g/mol. The molecule has 7 nitrogen and oxygen atoms in total. The molecule has 4 aromatic rings. The number of piperidine rings is 1. The number of carbonyl (C=O) groups excluding carboxylic acids is 1. The summed E-state index contributed by atoms with van der Waals surface area (Å²) in [6.45, 7) is 2.50. The van der Waals surface area contributed by atoms with Gasteiger partial charge in [-0.05, 0) is 72.5 Å². The normalized spacial score (nSPS) is 19.4. The van der Waals surface area contributed by atoms with Crippen molar-refractivity contribution in [3.05, 3.63) is 95.7 Å². The molecule has 3 aromatic carbocycles. The van der Waals surface area contributed by atoms with Crippen molar-refractivity contribution < 1.29 is 13.2 Å². The molecule has 3 heterocycles. The van der Waals surface area contributed by atoms with E-state index >= 15 is 0 Å². The molecule has 3 N–H and O–H groups in total. The zero-order valence-electron chi connectivity index (χ0n) is 22.6. The molecule has 1 atom stereocenters. The van der Waals surface area contributed by atoms with Crippen molar-refractivity contribution in [1.82, 2.24) is 14.2 Å². The van der Waals surface area contributed by atoms with Crippen LogP contribution in [0.2, 0.25) is 0 Å². The Bertz CT molecular complexity index is 1590. The van der Waals surface area contributed by atoms with Gasteiger partial charge in [0.05, 0.1) is 16.8 Å². The van der Waals surface area contributed by atoms with Crippen molar-refractivity contribution in [2.75, 3.05) is 31.9 Å². The van der Waals surface area contributed by atoms with Gasteiger partial charge in [0.1, 0.15) is 0 Å². The van der Waals surface area contributed by atoms with E-state index in [1.807, 2.05) is 48.7 Å². The molecule has 2 fully saturated rings. The van der Waals surface area contributed by atoms with Gasteiger partial charge in [0.15, 0.2) is 0 Å². The highest BCUT2D eigenvalue weighted by molar-refractivity contribution is 7.89. The Balaban J connectivity index is 1.15. The average molecular weight is 557 g/mol. The number of H-pyrrole nitrogens is 1. The summed E-state index contributed by atoms with van der Waals surface area (Å²) >= 11 is 0. The number of amides is 1. The molecule has 1 aromatic heterocycles. The van der Waals surface area contributed by atoms with Gasteiger partial charge in [-0.25, -0.2) is 12.7 Å². The van der Waals surface area contributed by atoms with Crippen LogP contribution < -0.4 is 5.73 Å². The number of sulfonamides is 1. The van der Waals surface area contributed by atoms with Crippen LogP contribution in [-0.4, -0.2) is 60.4 Å². The first-order valence-corrected chi connectivity index (χ1v) is 15.8. The summed E-state index contributed by atoms with van der Waals surface area (Å²) < 4.78 is 28.4. The number of primary amides is 1. The third kappa shape index (κ3) is 5.31. The van der Waals surface area contributed by atoms with E-state index in [1.165, 1.54) is 5.56 Å². The van der Waals surface area contributed by atoms with Crippen molar-refractivity contribution in [2.24, 2.45) is 5.73 Å². The first-order chi connectivity index (χ1) is 19.4. The van der Waals surface area contributed by atoms with Crippen molar-refractivity contribution >= 4 is 26.8 Å². The molecular weight excluding hydrogens is 520 g/mol. The van der Waals surface area contributed by atoms with Crippen molar-refractivity contribution in [3.63, 3.8) is 0 Å². The van der Waals surface area contributed by atoms with Crippen LogP contribution >= 0.6 is 0 Å². The summed E-state index contributed by atoms with van der Waals surface area (Å²) in [5.74, 6) is -0.117. The highest BCUT2D eigenvalue weighted by Gasteiger charge is 2.32. The molecule has 0 radical (unpaired) electrons. The van der Waals surface area contributed by atoms with E-state index in [-0.39, 0.29) is 11.7 Å². The van der Waals surface area contributed by atoms with Crippen LogP contribution in [0, 0.1) is 0 Å². The van der Waals surface area contributed by atoms with Crippen LogP contribution in [0.4, 0.5) is 0 Å². The van der Waals surface area contributed by atoms with Gasteiger partial charge < -0.3 is 10.7 Å². The molecule has 1 amide bonds. The first-order valence-electron chi connectivity index (χ1n) is 14.2. The van der Waals surface area contributed by atoms with Gasteiger partial charge in [-0.3, -0.25) is 9.69 Å². The summed E-state index contributed by atoms with van der Waals surface area (Å²) in [5, 5.41) is 0.984. The Kier molecular flexibility index (Phi) is 7.49. The maximum absolute atomic E-state index is 13.4. The van der Waals surface area contributed by atoms with Crippen molar-refractivity contribution in [1.29, 1.82) is 0 Å². The largest absolute Gasteiger partial charge is 0.366 e. The van der Waals surface area contributed by atoms with Gasteiger partial charge in [0.2, 0.25) is 10.0 Å². The van der Waals surface area contributed by atoms with Crippen LogP contribution in [0.5, 0.6) is 0 Å². The molecule has 0 bridgehead atoms. The van der Waals surface area contributed by atoms with Crippen LogP contribution in [0.1, 0.15) is 59.1 Å². The number of nitrogens with one attached hydrogen (secondary N) is 1. The predicted octanol–water partition coefficient (Wildman–Crippen LogP) is 5.28. The van der Waals surface area contributed by atoms with Crippen LogP contribution in [0.15, 0.2) is 79.0 Å². The zero-order chi connectivity index (χ0) is 27.7. The fraction of sp³-hybridized carbons (Fsp3) is 0.344. The molecular formula is C32H36N4O3S. The number of hydrogen-bond donors (Lipinski definition) is 2. The number of aromatic amines is 1. The molecule has 0 saturated carbocycles. The fourth-order valence-electron chi connectivity index (χ4n) is 6.54. The number of hydrogen-bond acceptors (Lipinski definition) is 4. The van der Waals surface area contributed by atoms with Gasteiger partial charge in [-0.1, -0.05) is 60.7 Å². The summed E-state index contributed by atoms with van der Waals surface area (Å²) in [6.07, 6.45) is 5.62. The third-order valence-electron chi connectivity index (χ3n) is 8.67. The van der Waals surface area contributed by atoms with Gasteiger partial charge in [-0.2, -0.15) is 0 Å². The lowest BCUT2D eigenvalue weighted by Gasteiger charge is -2.32. The summed E-state index contributed by atoms with van der Waals surface area (Å²) in [4.78, 5) is 17.9. The van der Waals surface area contributed by atoms with E-state index in [4.69, 9.17) is 5.73 Å². The molecule has 2 aliphatic rings. The Labute approximate surface area is 236 Å². The third-order valence-corrected chi connectivity index (χ3v) is 10.5. The molecule has 8 heteroatoms. The molecule has 6 rings (SSSR count). The minimum atomic E-state index is -3.35. The maximum Gasteiger partial charge on any atom is 0.250 e. The van der Waals surface area contributed by atoms with Crippen LogP contribution in [0.3, 0.4) is 0 Å². The number of benzene rings is 3. The lowest BCUT2D eigenvalue weighted by atomic mass is 9.88. The zero-order valence-corrected chi connectivity index (χ0v) is 23.4. The quantitative estimate of drug-likeness (QED) is 0.308. The number of fused-ring (bicyclic) bond motifs is 1. The van der Waals surface area contributed by atoms with E-state index in [0.717, 1.165) is 59.8 Å². The molecule has 208 valence electrons. The second-order valence-electron chi connectivity index (χ2n) is 11.0. The molecule has 1 unspecified atom stereocenters. The Morgan fingerprint density at radius 1 is 0.900 bits per heavy atom. The fourth-order valence-corrected chi connectivity index (χ4v) is 8.03. The van der Waals surface area contributed by atoms with Gasteiger partial charge >= 0.3 is 0 Å². The van der Waals surface area contributed by atoms with Crippen molar-refractivity contribution in [3.8, 4) is 11.1 Å². The highest BCUT2D eigenvalue weighted by atomic mass is 32.2. The standard InChI is InChI=1S/C32H36N4O3S/c33-32(37)28-21-26(23-8-3-1-4-9-23)20-27-29(22-34-31(27)28)24-13-16-36(17-14-24)40(38,39)19-18-35-15-7-12-30(35)25-10-5-2-6-11-25/h1-6,8-11,20-22,24,30,34H,7,12-19H2,(H2,33,37). The summed E-state index contributed by atoms with van der Waals surface area (Å²) in [7, 11) is -3.35. The minimum absolute atomic E-state index is 0.149. The number of rotatable bonds is 8. The number of aromatic nitrogens is 1. The number of carbonyl (C=O) groups is 1. The van der Waals surface area contributed by atoms with E-state index < -0.39 is 15.9 Å². The lowest BCUT2D eigenvalue weighted by Crippen LogP contribution is -2.41. The Morgan fingerprint density at radius 2 is 1.60 bits per heavy atom. The van der Waals surface area contributed by atoms with Gasteiger partial charge in [-0.15, -0.1) is 0 Å². The van der Waals surface area contributed by atoms with Crippen molar-refractivity contribution in [2.45, 2.75) is 37.6 Å². The summed E-state index contributed by atoms with van der Waals surface area (Å²) in [5.41, 5.74) is 11.3. The topological polar surface area (TPSA) is 99.5 Å². The highest BCUT2D eigenvalue weighted by Crippen LogP contribution is 2.37. The Morgan fingerprint density at radius 3 is 2.30 bits per heavy atom. The number of nitrogens with two attached hydrogens (primary N) is 1. The van der Waals surface area contributed by atoms with E-state index in [9.17, 15) is 13.2 Å². The predicted molar refractivity (Wildman–Crippen MR) is 160 cm³/mol. The molecule has 0 spiro atoms. The number of likely N-dealkylation sites (tertiary alicyclic amines) is 1. The first kappa shape index (κ1) is 26.7. The molecule has 2 aliphatic heterocycles. The van der Waals surface area contributed by atoms with Crippen LogP contribution in [0.25, 0.3) is 22.0 Å². The molecule has 2 saturated heterocycles. The molecule has 0 aliphatic carbocycles. The maximum atomic E-state index is 13.4. The minimum Gasteiger partial charge on any atom is -0.366 e. The van der Waals surface area contributed by atoms with Gasteiger partial charge in [0.25, 0.3) is 5.91 Å². The van der Waals surface area contributed by atoms with E-state index in [2.05, 4.69) is 40.2 Å². The molecule has 40 heavy (non-hydrogen) atoms. The Hall–Kier alpha value is -3.46. The number of nitrogens with zero attached hydrogens (tertiary/aromatic N) is 2. The van der Waals surface area contributed by atoms with Gasteiger partial charge in [0, 0.05) is 37.3 Å².